The first kappa shape index (κ1) is 27.5. The second-order valence-electron chi connectivity index (χ2n) is 9.92. The van der Waals surface area contributed by atoms with Crippen molar-refractivity contribution in [1.29, 1.82) is 0 Å². The fourth-order valence-corrected chi connectivity index (χ4v) is 6.82. The molecule has 0 radical (unpaired) electrons. The molecule has 1 N–H and O–H groups in total. The average Bonchev–Trinajstić information content (AvgIpc) is 2.88. The van der Waals surface area contributed by atoms with Crippen molar-refractivity contribution in [2.75, 3.05) is 50.4 Å². The molecule has 2 saturated heterocycles. The third kappa shape index (κ3) is 6.09. The third-order valence-electron chi connectivity index (χ3n) is 7.24. The molecule has 204 valence electrons. The van der Waals surface area contributed by atoms with E-state index >= 15 is 0 Å². The monoisotopic (exact) mass is 585 g/mol. The van der Waals surface area contributed by atoms with Crippen LogP contribution in [0.3, 0.4) is 0 Å². The van der Waals surface area contributed by atoms with Gasteiger partial charge >= 0.3 is 6.09 Å². The van der Waals surface area contributed by atoms with Gasteiger partial charge in [0, 0.05) is 61.3 Å². The number of hydrogen-bond acceptors (Lipinski definition) is 5. The van der Waals surface area contributed by atoms with E-state index in [9.17, 15) is 18.3 Å². The van der Waals surface area contributed by atoms with Crippen LogP contribution >= 0.6 is 23.2 Å². The first-order valence-corrected chi connectivity index (χ1v) is 15.3. The van der Waals surface area contributed by atoms with E-state index in [1.54, 1.807) is 0 Å². The maximum Gasteiger partial charge on any atom is 0.407 e. The van der Waals surface area contributed by atoms with Crippen LogP contribution in [0.15, 0.2) is 78.4 Å². The summed E-state index contributed by atoms with van der Waals surface area (Å²) in [4.78, 5) is 17.4. The van der Waals surface area contributed by atoms with Crippen LogP contribution in [-0.2, 0) is 9.84 Å². The first-order valence-electron chi connectivity index (χ1n) is 12.6. The molecule has 0 aliphatic carbocycles. The highest BCUT2D eigenvalue weighted by atomic mass is 35.5. The summed E-state index contributed by atoms with van der Waals surface area (Å²) < 4.78 is 26.1. The minimum Gasteiger partial charge on any atom is -0.465 e. The van der Waals surface area contributed by atoms with Crippen molar-refractivity contribution in [3.63, 3.8) is 0 Å². The highest BCUT2D eigenvalue weighted by Crippen LogP contribution is 2.39. The van der Waals surface area contributed by atoms with Gasteiger partial charge in [-0.3, -0.25) is 4.90 Å². The third-order valence-corrected chi connectivity index (χ3v) is 9.01. The number of benzene rings is 3. The summed E-state index contributed by atoms with van der Waals surface area (Å²) in [7, 11) is -3.52. The normalized spacial score (nSPS) is 16.4. The van der Waals surface area contributed by atoms with Gasteiger partial charge in [0.05, 0.1) is 10.9 Å². The van der Waals surface area contributed by atoms with Crippen LogP contribution in [0.2, 0.25) is 10.0 Å². The number of rotatable bonds is 6. The Labute approximate surface area is 238 Å². The maximum atomic E-state index is 13.1. The number of halogens is 2. The number of likely N-dealkylation sites (tertiary alicyclic amines) is 1. The van der Waals surface area contributed by atoms with Crippen molar-refractivity contribution in [3.8, 4) is 0 Å². The largest absolute Gasteiger partial charge is 0.465 e. The van der Waals surface area contributed by atoms with Crippen LogP contribution in [0.5, 0.6) is 0 Å². The summed E-state index contributed by atoms with van der Waals surface area (Å²) in [5.41, 5.74) is 4.52. The number of anilines is 1. The zero-order valence-corrected chi connectivity index (χ0v) is 23.8. The minimum absolute atomic E-state index is 0.0824. The number of amides is 1. The number of sulfone groups is 1. The van der Waals surface area contributed by atoms with E-state index < -0.39 is 15.9 Å². The van der Waals surface area contributed by atoms with E-state index in [1.165, 1.54) is 11.2 Å². The highest BCUT2D eigenvalue weighted by molar-refractivity contribution is 8.00. The molecule has 0 spiro atoms. The average molecular weight is 587 g/mol. The lowest BCUT2D eigenvalue weighted by molar-refractivity contribution is 0.142. The molecule has 39 heavy (non-hydrogen) atoms. The van der Waals surface area contributed by atoms with Crippen LogP contribution in [0.4, 0.5) is 10.5 Å². The molecular weight excluding hydrogens is 557 g/mol. The quantitative estimate of drug-likeness (QED) is 0.402. The topological polar surface area (TPSA) is 81.2 Å². The molecule has 0 aromatic heterocycles. The van der Waals surface area contributed by atoms with Gasteiger partial charge in [-0.15, -0.1) is 0 Å². The Morgan fingerprint density at radius 3 is 1.87 bits per heavy atom. The van der Waals surface area contributed by atoms with Gasteiger partial charge in [0.15, 0.2) is 9.84 Å². The van der Waals surface area contributed by atoms with Gasteiger partial charge in [0.1, 0.15) is 0 Å². The Balaban J connectivity index is 1.44. The van der Waals surface area contributed by atoms with Gasteiger partial charge < -0.3 is 14.9 Å². The van der Waals surface area contributed by atoms with Crippen LogP contribution in [0.1, 0.15) is 22.7 Å². The fraction of sp³-hybridized carbons (Fsp3) is 0.276. The highest BCUT2D eigenvalue weighted by Gasteiger charge is 2.35. The summed E-state index contributed by atoms with van der Waals surface area (Å²) in [6, 6.07) is 22.9. The van der Waals surface area contributed by atoms with Gasteiger partial charge in [0.25, 0.3) is 0 Å². The maximum absolute atomic E-state index is 13.1. The van der Waals surface area contributed by atoms with Crippen LogP contribution in [-0.4, -0.2) is 74.9 Å². The molecule has 10 heteroatoms. The lowest BCUT2D eigenvalue weighted by Gasteiger charge is -2.42. The van der Waals surface area contributed by atoms with Crippen LogP contribution < -0.4 is 4.90 Å². The standard InChI is InChI=1S/C29H29Cl2N3O4S/c1-39(37,38)28(22-3-2-4-26(17-22)32-13-15-33(16-14-32)29(35)36)23-18-34(19-23)27(20-5-9-24(30)10-6-20)21-7-11-25(31)12-8-21/h2-12,17,27H,13-16,18-19H2,1H3,(H,35,36). The molecule has 0 atom stereocenters. The molecule has 0 unspecified atom stereocenters. The van der Waals surface area contributed by atoms with Crippen molar-refractivity contribution in [3.05, 3.63) is 105 Å². The molecule has 2 aliphatic heterocycles. The van der Waals surface area contributed by atoms with E-state index in [1.807, 2.05) is 72.8 Å². The first-order chi connectivity index (χ1) is 18.6. The zero-order chi connectivity index (χ0) is 27.7. The van der Waals surface area contributed by atoms with E-state index in [0.717, 1.165) is 22.4 Å². The summed E-state index contributed by atoms with van der Waals surface area (Å²) in [5.74, 6) is 0. The van der Waals surface area contributed by atoms with E-state index in [-0.39, 0.29) is 6.04 Å². The predicted molar refractivity (Wildman–Crippen MR) is 156 cm³/mol. The zero-order valence-electron chi connectivity index (χ0n) is 21.4. The fourth-order valence-electron chi connectivity index (χ4n) is 5.35. The van der Waals surface area contributed by atoms with E-state index in [2.05, 4.69) is 9.80 Å². The predicted octanol–water partition coefficient (Wildman–Crippen LogP) is 5.65. The van der Waals surface area contributed by atoms with Crippen molar-refractivity contribution in [1.82, 2.24) is 9.80 Å². The van der Waals surface area contributed by atoms with Gasteiger partial charge in [-0.1, -0.05) is 59.6 Å². The van der Waals surface area contributed by atoms with Gasteiger partial charge in [-0.05, 0) is 58.7 Å². The molecule has 2 fully saturated rings. The molecule has 0 bridgehead atoms. The van der Waals surface area contributed by atoms with Crippen LogP contribution in [0, 0.1) is 0 Å². The molecule has 1 amide bonds. The molecule has 2 aliphatic rings. The minimum atomic E-state index is -3.52. The van der Waals surface area contributed by atoms with Crippen molar-refractivity contribution < 1.29 is 18.3 Å². The summed E-state index contributed by atoms with van der Waals surface area (Å²) in [5, 5.41) is 10.6. The van der Waals surface area contributed by atoms with E-state index in [4.69, 9.17) is 23.2 Å². The van der Waals surface area contributed by atoms with Gasteiger partial charge in [0.2, 0.25) is 0 Å². The van der Waals surface area contributed by atoms with Gasteiger partial charge in [-0.25, -0.2) is 13.2 Å². The Hall–Kier alpha value is -3.04. The lowest BCUT2D eigenvalue weighted by Crippen LogP contribution is -2.48. The smallest absolute Gasteiger partial charge is 0.407 e. The Kier molecular flexibility index (Phi) is 7.91. The number of nitrogens with zero attached hydrogens (tertiary/aromatic N) is 3. The molecule has 3 aromatic rings. The molecular formula is C29H29Cl2N3O4S. The lowest BCUT2D eigenvalue weighted by atomic mass is 9.92. The Bertz CT molecular complexity index is 1450. The van der Waals surface area contributed by atoms with Crippen molar-refractivity contribution >= 4 is 49.7 Å². The van der Waals surface area contributed by atoms with Gasteiger partial charge in [-0.2, -0.15) is 0 Å². The molecule has 3 aromatic carbocycles. The number of piperazine rings is 1. The molecule has 0 saturated carbocycles. The summed E-state index contributed by atoms with van der Waals surface area (Å²) >= 11 is 12.3. The Morgan fingerprint density at radius 2 is 1.38 bits per heavy atom. The molecule has 5 rings (SSSR count). The summed E-state index contributed by atoms with van der Waals surface area (Å²) in [6.45, 7) is 2.92. The number of carboxylic acid groups (broad SMARTS) is 1. The Morgan fingerprint density at radius 1 is 0.846 bits per heavy atom. The summed E-state index contributed by atoms with van der Waals surface area (Å²) in [6.07, 6.45) is 0.337. The number of hydrogen-bond donors (Lipinski definition) is 1. The SMILES string of the molecule is CS(=O)(=O)C(=C1CN(C(c2ccc(Cl)cc2)c2ccc(Cl)cc2)C1)c1cccc(N2CCN(C(=O)O)CC2)c1. The van der Waals surface area contributed by atoms with Crippen LogP contribution in [0.25, 0.3) is 4.91 Å². The number of carbonyl (C=O) groups is 1. The molecule has 2 heterocycles. The van der Waals surface area contributed by atoms with Crippen molar-refractivity contribution in [2.24, 2.45) is 0 Å². The van der Waals surface area contributed by atoms with Crippen molar-refractivity contribution in [2.45, 2.75) is 6.04 Å². The second-order valence-corrected chi connectivity index (χ2v) is 12.7. The van der Waals surface area contributed by atoms with E-state index in [0.29, 0.717) is 59.8 Å². The molecule has 7 nitrogen and oxygen atoms in total. The second kappa shape index (κ2) is 11.2.